The number of rotatable bonds is 7. The average Bonchev–Trinajstić information content (AvgIpc) is 2.89. The van der Waals surface area contributed by atoms with Crippen molar-refractivity contribution in [1.29, 1.82) is 0 Å². The van der Waals surface area contributed by atoms with Gasteiger partial charge in [0.2, 0.25) is 0 Å². The van der Waals surface area contributed by atoms with E-state index in [9.17, 15) is 9.59 Å². The van der Waals surface area contributed by atoms with Crippen LogP contribution in [-0.2, 0) is 17.6 Å². The molecule has 21 heavy (non-hydrogen) atoms. The maximum atomic E-state index is 11.7. The van der Waals surface area contributed by atoms with E-state index in [1.807, 2.05) is 6.07 Å². The maximum absolute atomic E-state index is 11.7. The van der Waals surface area contributed by atoms with Crippen molar-refractivity contribution in [3.05, 3.63) is 29.3 Å². The second-order valence-electron chi connectivity index (χ2n) is 5.42. The number of aryl methyl sites for hydroxylation is 2. The van der Waals surface area contributed by atoms with Crippen LogP contribution < -0.4 is 10.6 Å². The lowest BCUT2D eigenvalue weighted by molar-refractivity contribution is -0.137. The summed E-state index contributed by atoms with van der Waals surface area (Å²) in [5.74, 6) is -0.766. The van der Waals surface area contributed by atoms with E-state index in [4.69, 9.17) is 5.11 Å². The second kappa shape index (κ2) is 7.67. The highest BCUT2D eigenvalue weighted by molar-refractivity contribution is 5.89. The lowest BCUT2D eigenvalue weighted by Gasteiger charge is -2.09. The van der Waals surface area contributed by atoms with Gasteiger partial charge < -0.3 is 15.7 Å². The summed E-state index contributed by atoms with van der Waals surface area (Å²) in [5.41, 5.74) is 3.56. The Morgan fingerprint density at radius 1 is 1.10 bits per heavy atom. The van der Waals surface area contributed by atoms with Crippen molar-refractivity contribution in [2.75, 3.05) is 11.9 Å². The molecule has 2 amide bonds. The highest BCUT2D eigenvalue weighted by atomic mass is 16.4. The third-order valence-corrected chi connectivity index (χ3v) is 3.71. The predicted molar refractivity (Wildman–Crippen MR) is 81.6 cm³/mol. The molecular formula is C16H22N2O3. The Bertz CT molecular complexity index is 514. The SMILES string of the molecule is O=C(O)CCCCCNC(=O)Nc1ccc2c(c1)CCC2. The topological polar surface area (TPSA) is 78.4 Å². The molecule has 0 aromatic heterocycles. The molecule has 114 valence electrons. The molecular weight excluding hydrogens is 268 g/mol. The number of amides is 2. The number of nitrogens with one attached hydrogen (secondary N) is 2. The number of carboxylic acids is 1. The van der Waals surface area contributed by atoms with E-state index in [-0.39, 0.29) is 12.5 Å². The molecule has 0 heterocycles. The van der Waals surface area contributed by atoms with Crippen molar-refractivity contribution in [2.24, 2.45) is 0 Å². The van der Waals surface area contributed by atoms with E-state index in [0.717, 1.165) is 31.4 Å². The number of carbonyl (C=O) groups is 2. The Morgan fingerprint density at radius 3 is 2.71 bits per heavy atom. The van der Waals surface area contributed by atoms with Crippen LogP contribution in [0.15, 0.2) is 18.2 Å². The van der Waals surface area contributed by atoms with Gasteiger partial charge >= 0.3 is 12.0 Å². The third-order valence-electron chi connectivity index (χ3n) is 3.71. The van der Waals surface area contributed by atoms with Crippen LogP contribution in [0.5, 0.6) is 0 Å². The first-order valence-electron chi connectivity index (χ1n) is 7.53. The summed E-state index contributed by atoms with van der Waals surface area (Å²) < 4.78 is 0. The number of carboxylic acid groups (broad SMARTS) is 1. The molecule has 0 fully saturated rings. The molecule has 0 atom stereocenters. The van der Waals surface area contributed by atoms with Gasteiger partial charge in [-0.2, -0.15) is 0 Å². The van der Waals surface area contributed by atoms with E-state index in [0.29, 0.717) is 13.0 Å². The lowest BCUT2D eigenvalue weighted by atomic mass is 10.1. The van der Waals surface area contributed by atoms with Gasteiger partial charge in [-0.05, 0) is 55.4 Å². The number of anilines is 1. The average molecular weight is 290 g/mol. The van der Waals surface area contributed by atoms with Crippen LogP contribution >= 0.6 is 0 Å². The van der Waals surface area contributed by atoms with Crippen molar-refractivity contribution >= 4 is 17.7 Å². The van der Waals surface area contributed by atoms with E-state index in [2.05, 4.69) is 22.8 Å². The molecule has 0 radical (unpaired) electrons. The fourth-order valence-electron chi connectivity index (χ4n) is 2.60. The van der Waals surface area contributed by atoms with Gasteiger partial charge in [0, 0.05) is 18.7 Å². The molecule has 0 bridgehead atoms. The van der Waals surface area contributed by atoms with Gasteiger partial charge in [0.05, 0.1) is 0 Å². The third kappa shape index (κ3) is 5.10. The highest BCUT2D eigenvalue weighted by Gasteiger charge is 2.11. The Kier molecular flexibility index (Phi) is 5.60. The standard InChI is InChI=1S/C16H22N2O3/c19-15(20)7-2-1-3-10-17-16(21)18-14-9-8-12-5-4-6-13(12)11-14/h8-9,11H,1-7,10H2,(H,19,20)(H2,17,18,21). The number of unbranched alkanes of at least 4 members (excludes halogenated alkanes) is 2. The first-order valence-corrected chi connectivity index (χ1v) is 7.53. The van der Waals surface area contributed by atoms with Crippen molar-refractivity contribution < 1.29 is 14.7 Å². The normalized spacial score (nSPS) is 12.8. The Labute approximate surface area is 124 Å². The van der Waals surface area contributed by atoms with Gasteiger partial charge in [0.1, 0.15) is 0 Å². The van der Waals surface area contributed by atoms with Crippen molar-refractivity contribution in [1.82, 2.24) is 5.32 Å². The van der Waals surface area contributed by atoms with Gasteiger partial charge in [-0.25, -0.2) is 4.79 Å². The van der Waals surface area contributed by atoms with Gasteiger partial charge in [-0.3, -0.25) is 4.79 Å². The number of hydrogen-bond donors (Lipinski definition) is 3. The summed E-state index contributed by atoms with van der Waals surface area (Å²) in [5, 5.41) is 14.1. The smallest absolute Gasteiger partial charge is 0.319 e. The number of hydrogen-bond acceptors (Lipinski definition) is 2. The van der Waals surface area contributed by atoms with E-state index in [1.54, 1.807) is 0 Å². The van der Waals surface area contributed by atoms with Crippen LogP contribution in [-0.4, -0.2) is 23.7 Å². The highest BCUT2D eigenvalue weighted by Crippen LogP contribution is 2.24. The molecule has 1 aliphatic carbocycles. The molecule has 0 unspecified atom stereocenters. The molecule has 0 saturated carbocycles. The van der Waals surface area contributed by atoms with Gasteiger partial charge in [-0.1, -0.05) is 12.5 Å². The minimum atomic E-state index is -0.766. The Balaban J connectivity index is 1.64. The monoisotopic (exact) mass is 290 g/mol. The van der Waals surface area contributed by atoms with Crippen LogP contribution in [0.4, 0.5) is 10.5 Å². The summed E-state index contributed by atoms with van der Waals surface area (Å²) in [6.07, 6.45) is 5.89. The molecule has 0 saturated heterocycles. The second-order valence-corrected chi connectivity index (χ2v) is 5.42. The van der Waals surface area contributed by atoms with Crippen LogP contribution in [0.3, 0.4) is 0 Å². The fraction of sp³-hybridized carbons (Fsp3) is 0.500. The minimum Gasteiger partial charge on any atom is -0.481 e. The number of urea groups is 1. The fourth-order valence-corrected chi connectivity index (χ4v) is 2.60. The lowest BCUT2D eigenvalue weighted by Crippen LogP contribution is -2.29. The first kappa shape index (κ1) is 15.4. The predicted octanol–water partition coefficient (Wildman–Crippen LogP) is 2.94. The van der Waals surface area contributed by atoms with Crippen LogP contribution in [0.25, 0.3) is 0 Å². The molecule has 3 N–H and O–H groups in total. The molecule has 1 aromatic rings. The largest absolute Gasteiger partial charge is 0.481 e. The molecule has 5 nitrogen and oxygen atoms in total. The molecule has 1 aliphatic rings. The maximum Gasteiger partial charge on any atom is 0.319 e. The van der Waals surface area contributed by atoms with Crippen LogP contribution in [0, 0.1) is 0 Å². The van der Waals surface area contributed by atoms with Crippen molar-refractivity contribution in [2.45, 2.75) is 44.9 Å². The molecule has 5 heteroatoms. The zero-order chi connectivity index (χ0) is 15.1. The van der Waals surface area contributed by atoms with Gasteiger partial charge in [0.15, 0.2) is 0 Å². The Hall–Kier alpha value is -2.04. The van der Waals surface area contributed by atoms with Gasteiger partial charge in [-0.15, -0.1) is 0 Å². The van der Waals surface area contributed by atoms with Crippen LogP contribution in [0.1, 0.15) is 43.2 Å². The first-order chi connectivity index (χ1) is 10.1. The summed E-state index contributed by atoms with van der Waals surface area (Å²) in [6, 6.07) is 5.88. The number of benzene rings is 1. The van der Waals surface area contributed by atoms with Crippen molar-refractivity contribution in [3.8, 4) is 0 Å². The van der Waals surface area contributed by atoms with Crippen LogP contribution in [0.2, 0.25) is 0 Å². The zero-order valence-electron chi connectivity index (χ0n) is 12.2. The summed E-state index contributed by atoms with van der Waals surface area (Å²) in [7, 11) is 0. The van der Waals surface area contributed by atoms with E-state index >= 15 is 0 Å². The van der Waals surface area contributed by atoms with Gasteiger partial charge in [0.25, 0.3) is 0 Å². The molecule has 0 aliphatic heterocycles. The summed E-state index contributed by atoms with van der Waals surface area (Å²) in [6.45, 7) is 0.566. The number of fused-ring (bicyclic) bond motifs is 1. The zero-order valence-corrected chi connectivity index (χ0v) is 12.2. The summed E-state index contributed by atoms with van der Waals surface area (Å²) in [4.78, 5) is 22.1. The van der Waals surface area contributed by atoms with Crippen molar-refractivity contribution in [3.63, 3.8) is 0 Å². The van der Waals surface area contributed by atoms with E-state index in [1.165, 1.54) is 17.5 Å². The summed E-state index contributed by atoms with van der Waals surface area (Å²) >= 11 is 0. The molecule has 0 spiro atoms. The quantitative estimate of drug-likeness (QED) is 0.676. The van der Waals surface area contributed by atoms with E-state index < -0.39 is 5.97 Å². The Morgan fingerprint density at radius 2 is 1.90 bits per heavy atom. The molecule has 1 aromatic carbocycles. The number of aliphatic carboxylic acids is 1. The number of carbonyl (C=O) groups excluding carboxylic acids is 1. The minimum absolute atomic E-state index is 0.196. The molecule has 2 rings (SSSR count).